The number of likely N-dealkylation sites (tertiary alicyclic amines) is 1. The van der Waals surface area contributed by atoms with E-state index in [0.29, 0.717) is 78.5 Å². The molecule has 0 spiro atoms. The smallest absolute Gasteiger partial charge is 0.401 e. The van der Waals surface area contributed by atoms with Crippen molar-refractivity contribution in [2.24, 2.45) is 5.73 Å². The number of aromatic nitrogens is 3. The highest BCUT2D eigenvalue weighted by Gasteiger charge is 2.34. The van der Waals surface area contributed by atoms with E-state index in [1.807, 2.05) is 31.2 Å². The van der Waals surface area contributed by atoms with E-state index >= 15 is 0 Å². The summed E-state index contributed by atoms with van der Waals surface area (Å²) in [6, 6.07) is 3.42. The molecule has 5 N–H and O–H groups in total. The molecule has 4 rings (SSSR count). The third-order valence-corrected chi connectivity index (χ3v) is 8.48. The molecule has 256 valence electrons. The number of amides is 1. The van der Waals surface area contributed by atoms with Crippen LogP contribution in [0.25, 0.3) is 11.1 Å². The quantitative estimate of drug-likeness (QED) is 0.213. The number of carbonyl (C=O) groups is 1. The number of H-pyrrole nitrogens is 1. The lowest BCUT2D eigenvalue weighted by Gasteiger charge is -2.40. The average molecular weight is 659 g/mol. The van der Waals surface area contributed by atoms with E-state index in [4.69, 9.17) is 15.5 Å². The first-order chi connectivity index (χ1) is 22.3. The van der Waals surface area contributed by atoms with Crippen LogP contribution in [-0.2, 0) is 6.54 Å². The number of carbonyl (C=O) groups excluding carboxylic acids is 1. The lowest BCUT2D eigenvalue weighted by molar-refractivity contribution is -0.147. The Kier molecular flexibility index (Phi) is 11.3. The molecular formula is C33H45F3N8O3. The molecule has 0 saturated carbocycles. The zero-order valence-electron chi connectivity index (χ0n) is 27.8. The van der Waals surface area contributed by atoms with Gasteiger partial charge in [0.1, 0.15) is 17.9 Å². The summed E-state index contributed by atoms with van der Waals surface area (Å²) >= 11 is 0. The molecule has 0 bridgehead atoms. The summed E-state index contributed by atoms with van der Waals surface area (Å²) in [4.78, 5) is 37.8. The van der Waals surface area contributed by atoms with E-state index in [1.165, 1.54) is 12.0 Å². The molecule has 3 aromatic rings. The Morgan fingerprint density at radius 3 is 2.53 bits per heavy atom. The first-order valence-electron chi connectivity index (χ1n) is 15.8. The lowest BCUT2D eigenvalue weighted by atomic mass is 10.00. The second-order valence-electron chi connectivity index (χ2n) is 11.7. The molecule has 1 aliphatic rings. The number of nitrogens with one attached hydrogen (secondary N) is 3. The molecule has 11 nitrogen and oxygen atoms in total. The normalized spacial score (nSPS) is 15.3. The molecule has 0 atom stereocenters. The summed E-state index contributed by atoms with van der Waals surface area (Å²) in [6.45, 7) is 7.76. The van der Waals surface area contributed by atoms with Crippen molar-refractivity contribution in [2.75, 3.05) is 45.2 Å². The molecule has 14 heteroatoms. The molecule has 1 fully saturated rings. The molecule has 0 aromatic carbocycles. The summed E-state index contributed by atoms with van der Waals surface area (Å²) in [7, 11) is 3.19. The fourth-order valence-electron chi connectivity index (χ4n) is 6.23. The number of anilines is 1. The van der Waals surface area contributed by atoms with E-state index in [-0.39, 0.29) is 23.7 Å². The van der Waals surface area contributed by atoms with Crippen LogP contribution in [0.15, 0.2) is 41.2 Å². The molecule has 0 radical (unpaired) electrons. The summed E-state index contributed by atoms with van der Waals surface area (Å²) in [5.41, 5.74) is 9.80. The number of methoxy groups -OCH3 is 1. The van der Waals surface area contributed by atoms with Crippen LogP contribution in [0.1, 0.15) is 66.0 Å². The topological polar surface area (TPSA) is 133 Å². The fourth-order valence-corrected chi connectivity index (χ4v) is 6.23. The van der Waals surface area contributed by atoms with E-state index in [0.717, 1.165) is 11.4 Å². The number of rotatable bonds is 12. The number of aromatic amines is 1. The third-order valence-electron chi connectivity index (χ3n) is 8.48. The van der Waals surface area contributed by atoms with Crippen LogP contribution in [0.4, 0.5) is 19.0 Å². The zero-order chi connectivity index (χ0) is 34.5. The summed E-state index contributed by atoms with van der Waals surface area (Å²) in [6.07, 6.45) is 3.00. The number of hydrogen-bond acceptors (Lipinski definition) is 8. The van der Waals surface area contributed by atoms with Crippen molar-refractivity contribution in [3.05, 3.63) is 74.9 Å². The number of allylic oxidation sites excluding steroid dienone is 3. The number of pyridine rings is 2. The van der Waals surface area contributed by atoms with Gasteiger partial charge in [-0.25, -0.2) is 4.98 Å². The zero-order valence-corrected chi connectivity index (χ0v) is 27.8. The van der Waals surface area contributed by atoms with Crippen LogP contribution in [0.3, 0.4) is 0 Å². The van der Waals surface area contributed by atoms with Gasteiger partial charge in [-0.3, -0.25) is 18.9 Å². The molecular weight excluding hydrogens is 613 g/mol. The lowest BCUT2D eigenvalue weighted by Crippen LogP contribution is -2.48. The van der Waals surface area contributed by atoms with Crippen LogP contribution >= 0.6 is 0 Å². The highest BCUT2D eigenvalue weighted by Crippen LogP contribution is 2.34. The Morgan fingerprint density at radius 2 is 1.94 bits per heavy atom. The minimum Gasteiger partial charge on any atom is -0.496 e. The summed E-state index contributed by atoms with van der Waals surface area (Å²) in [5, 5.41) is 5.83. The van der Waals surface area contributed by atoms with Crippen LogP contribution < -0.4 is 31.6 Å². The predicted molar refractivity (Wildman–Crippen MR) is 178 cm³/mol. The maximum absolute atomic E-state index is 13.9. The Bertz CT molecular complexity index is 1700. The molecule has 1 saturated heterocycles. The molecule has 4 heterocycles. The first-order valence-corrected chi connectivity index (χ1v) is 15.8. The van der Waals surface area contributed by atoms with Crippen molar-refractivity contribution in [1.82, 2.24) is 29.9 Å². The largest absolute Gasteiger partial charge is 0.496 e. The number of alkyl halides is 3. The molecule has 47 heavy (non-hydrogen) atoms. The number of aryl methyl sites for hydroxylation is 1. The number of ether oxygens (including phenoxy) is 1. The van der Waals surface area contributed by atoms with Gasteiger partial charge in [-0.15, -0.1) is 0 Å². The van der Waals surface area contributed by atoms with Crippen LogP contribution in [0.5, 0.6) is 5.75 Å². The Labute approximate surface area is 272 Å². The molecule has 0 aliphatic carbocycles. The highest BCUT2D eigenvalue weighted by molar-refractivity contribution is 5.99. The molecule has 1 amide bonds. The summed E-state index contributed by atoms with van der Waals surface area (Å²) in [5.74, 6) is 1.14. The standard InChI is InChI=1S/C33H45F3N8O3/c1-7-9-22(15-28(37)38-5)29-26-16-24(30(45)39-17-25-27(47-6)14-20(3)41-31(25)46)21(4)32(44(26)19-40-29)43(8-2)23-10-12-42(13-11-23)18-33(34,35)36/h9,14-16,19,23,38H,7-8,10-13,17-18,37H2,1-6H3,(H,39,45)(H,41,46)/b22-9+,28-15+. The number of nitrogens with two attached hydrogens (primary N) is 1. The van der Waals surface area contributed by atoms with Gasteiger partial charge in [0.05, 0.1) is 42.8 Å². The van der Waals surface area contributed by atoms with E-state index in [2.05, 4.69) is 20.5 Å². The van der Waals surface area contributed by atoms with E-state index in [1.54, 1.807) is 38.5 Å². The van der Waals surface area contributed by atoms with Crippen LogP contribution in [0, 0.1) is 13.8 Å². The van der Waals surface area contributed by atoms with E-state index in [9.17, 15) is 22.8 Å². The van der Waals surface area contributed by atoms with Gasteiger partial charge >= 0.3 is 6.18 Å². The van der Waals surface area contributed by atoms with Gasteiger partial charge in [-0.05, 0) is 58.2 Å². The number of piperidine rings is 1. The van der Waals surface area contributed by atoms with Gasteiger partial charge in [0.25, 0.3) is 11.5 Å². The van der Waals surface area contributed by atoms with Crippen molar-refractivity contribution < 1.29 is 22.7 Å². The molecule has 0 unspecified atom stereocenters. The second-order valence-corrected chi connectivity index (χ2v) is 11.7. The average Bonchev–Trinajstić information content (AvgIpc) is 3.44. The maximum Gasteiger partial charge on any atom is 0.401 e. The van der Waals surface area contributed by atoms with Crippen molar-refractivity contribution >= 4 is 22.8 Å². The van der Waals surface area contributed by atoms with Gasteiger partial charge < -0.3 is 31.0 Å². The maximum atomic E-state index is 13.9. The second kappa shape index (κ2) is 15.0. The monoisotopic (exact) mass is 658 g/mol. The minimum absolute atomic E-state index is 0.0589. The Morgan fingerprint density at radius 1 is 1.23 bits per heavy atom. The molecule has 3 aromatic heterocycles. The Hall–Kier alpha value is -4.46. The van der Waals surface area contributed by atoms with Crippen LogP contribution in [-0.4, -0.2) is 77.7 Å². The number of nitrogens with zero attached hydrogens (tertiary/aromatic N) is 4. The van der Waals surface area contributed by atoms with Gasteiger partial charge in [0, 0.05) is 55.1 Å². The minimum atomic E-state index is -4.25. The number of hydrogen-bond donors (Lipinski definition) is 4. The van der Waals surface area contributed by atoms with Gasteiger partial charge in [-0.1, -0.05) is 13.0 Å². The van der Waals surface area contributed by atoms with Crippen molar-refractivity contribution in [3.63, 3.8) is 0 Å². The number of halogens is 3. The van der Waals surface area contributed by atoms with Gasteiger partial charge in [0.15, 0.2) is 0 Å². The summed E-state index contributed by atoms with van der Waals surface area (Å²) < 4.78 is 46.7. The SMILES string of the molecule is CC/C=C(\C=C(/N)NC)c1ncn2c(N(CC)C3CCN(CC(F)(F)F)CC3)c(C)c(C(=O)NCc3c(OC)cc(C)[nH]c3=O)cc12. The van der Waals surface area contributed by atoms with E-state index < -0.39 is 18.6 Å². The molecule has 1 aliphatic heterocycles. The van der Waals surface area contributed by atoms with Gasteiger partial charge in [-0.2, -0.15) is 13.2 Å². The van der Waals surface area contributed by atoms with Crippen molar-refractivity contribution in [3.8, 4) is 5.75 Å². The Balaban J connectivity index is 1.81. The van der Waals surface area contributed by atoms with Crippen molar-refractivity contribution in [1.29, 1.82) is 0 Å². The highest BCUT2D eigenvalue weighted by atomic mass is 19.4. The fraction of sp³-hybridized carbons (Fsp3) is 0.485. The first kappa shape index (κ1) is 35.4. The van der Waals surface area contributed by atoms with Gasteiger partial charge in [0.2, 0.25) is 0 Å². The third kappa shape index (κ3) is 8.10. The van der Waals surface area contributed by atoms with Crippen LogP contribution in [0.2, 0.25) is 0 Å². The van der Waals surface area contributed by atoms with Crippen molar-refractivity contribution in [2.45, 2.75) is 65.7 Å². The number of fused-ring (bicyclic) bond motifs is 1. The predicted octanol–water partition coefficient (Wildman–Crippen LogP) is 4.24. The number of imidazole rings is 1.